The molecule has 2 amide bonds. The van der Waals surface area contributed by atoms with Crippen LogP contribution in [0.3, 0.4) is 0 Å². The fourth-order valence-electron chi connectivity index (χ4n) is 2.28. The van der Waals surface area contributed by atoms with Gasteiger partial charge in [-0.3, -0.25) is 19.9 Å². The Morgan fingerprint density at radius 3 is 2.95 bits per heavy atom. The molecule has 2 heterocycles. The molecule has 1 saturated heterocycles. The van der Waals surface area contributed by atoms with Gasteiger partial charge in [0.15, 0.2) is 5.76 Å². The van der Waals surface area contributed by atoms with Crippen LogP contribution in [0.25, 0.3) is 0 Å². The van der Waals surface area contributed by atoms with E-state index >= 15 is 0 Å². The third-order valence-electron chi connectivity index (χ3n) is 3.52. The molecule has 1 fully saturated rings. The van der Waals surface area contributed by atoms with Gasteiger partial charge in [0.05, 0.1) is 6.54 Å². The van der Waals surface area contributed by atoms with E-state index in [1.807, 2.05) is 12.5 Å². The summed E-state index contributed by atoms with van der Waals surface area (Å²) in [6.45, 7) is 4.40. The minimum Gasteiger partial charge on any atom is -0.456 e. The summed E-state index contributed by atoms with van der Waals surface area (Å²) < 4.78 is 5.37. The quantitative estimate of drug-likeness (QED) is 0.456. The number of nitrogens with two attached hydrogens (primary N) is 1. The Balaban J connectivity index is 2.07. The lowest BCUT2D eigenvalue weighted by Gasteiger charge is -2.18. The van der Waals surface area contributed by atoms with Crippen LogP contribution in [-0.4, -0.2) is 48.3 Å². The predicted octanol–water partition coefficient (Wildman–Crippen LogP) is -0.144. The monoisotopic (exact) mass is 280 g/mol. The largest absolute Gasteiger partial charge is 0.456 e. The van der Waals surface area contributed by atoms with Crippen LogP contribution in [0, 0.1) is 6.92 Å². The first-order chi connectivity index (χ1) is 9.51. The van der Waals surface area contributed by atoms with Crippen molar-refractivity contribution < 1.29 is 14.0 Å². The fraction of sp³-hybridized carbons (Fsp3) is 0.538. The molecule has 1 aromatic heterocycles. The second kappa shape index (κ2) is 6.06. The molecule has 110 valence electrons. The molecule has 0 spiro atoms. The number of nitrogens with zero attached hydrogens (tertiary/aromatic N) is 2. The first-order valence-corrected chi connectivity index (χ1v) is 6.58. The summed E-state index contributed by atoms with van der Waals surface area (Å²) in [5, 5.41) is 0. The number of aryl methyl sites for hydroxylation is 1. The molecule has 7 heteroatoms. The maximum atomic E-state index is 11.8. The molecular weight excluding hydrogens is 260 g/mol. The first-order valence-electron chi connectivity index (χ1n) is 6.58. The van der Waals surface area contributed by atoms with E-state index < -0.39 is 5.91 Å². The van der Waals surface area contributed by atoms with Gasteiger partial charge in [-0.25, -0.2) is 5.84 Å². The van der Waals surface area contributed by atoms with Gasteiger partial charge in [0.2, 0.25) is 5.91 Å². The SMILES string of the molecule is Cc1oc(C(=O)NN)cc1CN1CCCN(C)C(=O)C1. The second-order valence-electron chi connectivity index (χ2n) is 5.05. The van der Waals surface area contributed by atoms with Crippen molar-refractivity contribution in [2.24, 2.45) is 5.84 Å². The highest BCUT2D eigenvalue weighted by Crippen LogP contribution is 2.17. The highest BCUT2D eigenvalue weighted by molar-refractivity contribution is 5.91. The van der Waals surface area contributed by atoms with Crippen molar-refractivity contribution in [3.8, 4) is 0 Å². The molecule has 2 rings (SSSR count). The molecule has 0 unspecified atom stereocenters. The maximum absolute atomic E-state index is 11.8. The first kappa shape index (κ1) is 14.5. The molecule has 3 N–H and O–H groups in total. The van der Waals surface area contributed by atoms with E-state index in [0.717, 1.165) is 25.1 Å². The summed E-state index contributed by atoms with van der Waals surface area (Å²) in [4.78, 5) is 27.1. The van der Waals surface area contributed by atoms with Gasteiger partial charge in [-0.15, -0.1) is 0 Å². The number of rotatable bonds is 3. The molecule has 0 radical (unpaired) electrons. The Bertz CT molecular complexity index is 512. The smallest absolute Gasteiger partial charge is 0.300 e. The van der Waals surface area contributed by atoms with Crippen molar-refractivity contribution in [2.75, 3.05) is 26.7 Å². The average molecular weight is 280 g/mol. The zero-order chi connectivity index (χ0) is 14.7. The number of hydrogen-bond acceptors (Lipinski definition) is 5. The van der Waals surface area contributed by atoms with E-state index in [2.05, 4.69) is 4.90 Å². The summed E-state index contributed by atoms with van der Waals surface area (Å²) in [6, 6.07) is 1.68. The van der Waals surface area contributed by atoms with Crippen molar-refractivity contribution in [1.82, 2.24) is 15.2 Å². The van der Waals surface area contributed by atoms with Gasteiger partial charge < -0.3 is 9.32 Å². The van der Waals surface area contributed by atoms with E-state index in [1.54, 1.807) is 17.9 Å². The van der Waals surface area contributed by atoms with Crippen LogP contribution >= 0.6 is 0 Å². The molecule has 0 aliphatic carbocycles. The molecular formula is C13H20N4O3. The third-order valence-corrected chi connectivity index (χ3v) is 3.52. The van der Waals surface area contributed by atoms with Gasteiger partial charge in [0, 0.05) is 32.2 Å². The predicted molar refractivity (Wildman–Crippen MR) is 72.6 cm³/mol. The van der Waals surface area contributed by atoms with Gasteiger partial charge in [-0.05, 0) is 19.4 Å². The minimum absolute atomic E-state index is 0.114. The summed E-state index contributed by atoms with van der Waals surface area (Å²) in [5.41, 5.74) is 2.94. The Hall–Kier alpha value is -1.86. The highest BCUT2D eigenvalue weighted by Gasteiger charge is 2.21. The van der Waals surface area contributed by atoms with E-state index in [-0.39, 0.29) is 11.7 Å². The number of carbonyl (C=O) groups excluding carboxylic acids is 2. The summed E-state index contributed by atoms with van der Waals surface area (Å²) in [5.74, 6) is 5.61. The lowest BCUT2D eigenvalue weighted by molar-refractivity contribution is -0.130. The molecule has 1 aliphatic heterocycles. The maximum Gasteiger partial charge on any atom is 0.300 e. The van der Waals surface area contributed by atoms with Crippen LogP contribution in [0.4, 0.5) is 0 Å². The molecule has 0 aromatic carbocycles. The van der Waals surface area contributed by atoms with E-state index in [4.69, 9.17) is 10.3 Å². The number of hydrazine groups is 1. The van der Waals surface area contributed by atoms with Crippen LogP contribution in [-0.2, 0) is 11.3 Å². The van der Waals surface area contributed by atoms with Crippen LogP contribution < -0.4 is 11.3 Å². The van der Waals surface area contributed by atoms with E-state index in [9.17, 15) is 9.59 Å². The van der Waals surface area contributed by atoms with Crippen molar-refractivity contribution >= 4 is 11.8 Å². The van der Waals surface area contributed by atoms with Crippen LogP contribution in [0.15, 0.2) is 10.5 Å². The normalized spacial score (nSPS) is 17.1. The van der Waals surface area contributed by atoms with Gasteiger partial charge in [0.25, 0.3) is 0 Å². The molecule has 0 saturated carbocycles. The molecule has 0 bridgehead atoms. The Morgan fingerprint density at radius 2 is 2.25 bits per heavy atom. The number of nitrogen functional groups attached to an aromatic ring is 1. The number of furan rings is 1. The second-order valence-corrected chi connectivity index (χ2v) is 5.05. The average Bonchev–Trinajstić information content (AvgIpc) is 2.70. The number of likely N-dealkylation sites (N-methyl/N-ethyl adjacent to an activating group) is 1. The van der Waals surface area contributed by atoms with Crippen molar-refractivity contribution in [3.63, 3.8) is 0 Å². The number of carbonyl (C=O) groups is 2. The number of nitrogens with one attached hydrogen (secondary N) is 1. The highest BCUT2D eigenvalue weighted by atomic mass is 16.4. The summed E-state index contributed by atoms with van der Waals surface area (Å²) in [6.07, 6.45) is 0.940. The summed E-state index contributed by atoms with van der Waals surface area (Å²) >= 11 is 0. The molecule has 7 nitrogen and oxygen atoms in total. The zero-order valence-corrected chi connectivity index (χ0v) is 11.8. The minimum atomic E-state index is -0.453. The summed E-state index contributed by atoms with van der Waals surface area (Å²) in [7, 11) is 1.82. The zero-order valence-electron chi connectivity index (χ0n) is 11.8. The molecule has 1 aromatic rings. The fourth-order valence-corrected chi connectivity index (χ4v) is 2.28. The van der Waals surface area contributed by atoms with Crippen molar-refractivity contribution in [1.29, 1.82) is 0 Å². The van der Waals surface area contributed by atoms with Crippen molar-refractivity contribution in [2.45, 2.75) is 19.9 Å². The Labute approximate surface area is 117 Å². The van der Waals surface area contributed by atoms with Gasteiger partial charge >= 0.3 is 5.91 Å². The van der Waals surface area contributed by atoms with E-state index in [0.29, 0.717) is 18.8 Å². The van der Waals surface area contributed by atoms with Crippen LogP contribution in [0.1, 0.15) is 28.3 Å². The number of hydrogen-bond donors (Lipinski definition) is 2. The number of amides is 2. The van der Waals surface area contributed by atoms with E-state index in [1.165, 1.54) is 0 Å². The van der Waals surface area contributed by atoms with Gasteiger partial charge in [0.1, 0.15) is 5.76 Å². The topological polar surface area (TPSA) is 91.8 Å². The standard InChI is InChI=1S/C13H20N4O3/c1-9-10(6-11(20-9)13(19)15-14)7-17-5-3-4-16(2)12(18)8-17/h6H,3-5,7-8,14H2,1-2H3,(H,15,19). The Morgan fingerprint density at radius 1 is 1.50 bits per heavy atom. The lowest BCUT2D eigenvalue weighted by Crippen LogP contribution is -2.34. The molecule has 20 heavy (non-hydrogen) atoms. The molecule has 0 atom stereocenters. The third kappa shape index (κ3) is 3.17. The van der Waals surface area contributed by atoms with Crippen LogP contribution in [0.5, 0.6) is 0 Å². The van der Waals surface area contributed by atoms with Gasteiger partial charge in [-0.1, -0.05) is 0 Å². The van der Waals surface area contributed by atoms with Crippen molar-refractivity contribution in [3.05, 3.63) is 23.2 Å². The van der Waals surface area contributed by atoms with Gasteiger partial charge in [-0.2, -0.15) is 0 Å². The van der Waals surface area contributed by atoms with Crippen LogP contribution in [0.2, 0.25) is 0 Å². The molecule has 1 aliphatic rings. The lowest BCUT2D eigenvalue weighted by atomic mass is 10.2. The Kier molecular flexibility index (Phi) is 4.41.